The van der Waals surface area contributed by atoms with Crippen molar-refractivity contribution in [3.63, 3.8) is 0 Å². The lowest BCUT2D eigenvalue weighted by molar-refractivity contribution is -0.135. The molecule has 1 fully saturated rings. The Kier molecular flexibility index (Phi) is 5.66. The van der Waals surface area contributed by atoms with Crippen LogP contribution in [0.1, 0.15) is 24.0 Å². The fourth-order valence-corrected chi connectivity index (χ4v) is 2.91. The molecule has 0 unspecified atom stereocenters. The van der Waals surface area contributed by atoms with E-state index in [9.17, 15) is 4.79 Å². The van der Waals surface area contributed by atoms with Crippen LogP contribution in [-0.2, 0) is 11.3 Å². The number of rotatable bonds is 5. The van der Waals surface area contributed by atoms with E-state index in [2.05, 4.69) is 5.32 Å². The van der Waals surface area contributed by atoms with Crippen LogP contribution in [0.25, 0.3) is 0 Å². The minimum atomic E-state index is 0.145. The number of hydrogen-bond donors (Lipinski definition) is 1. The summed E-state index contributed by atoms with van der Waals surface area (Å²) in [6, 6.07) is 3.91. The molecule has 0 aromatic heterocycles. The number of carbonyl (C=O) groups is 1. The minimum Gasteiger partial charge on any atom is -0.493 e. The van der Waals surface area contributed by atoms with Crippen LogP contribution in [0.3, 0.4) is 0 Å². The van der Waals surface area contributed by atoms with Gasteiger partial charge in [0.1, 0.15) is 0 Å². The van der Waals surface area contributed by atoms with Crippen LogP contribution >= 0.6 is 0 Å². The van der Waals surface area contributed by atoms with Gasteiger partial charge in [-0.05, 0) is 56.1 Å². The maximum absolute atomic E-state index is 12.5. The Balaban J connectivity index is 2.10. The zero-order valence-electron chi connectivity index (χ0n) is 13.9. The number of piperidine rings is 1. The molecule has 1 aromatic carbocycles. The monoisotopic (exact) mass is 306 g/mol. The molecule has 1 saturated heterocycles. The molecule has 0 radical (unpaired) electrons. The van der Waals surface area contributed by atoms with Crippen LogP contribution in [0, 0.1) is 12.8 Å². The summed E-state index contributed by atoms with van der Waals surface area (Å²) in [7, 11) is 5.13. The van der Waals surface area contributed by atoms with Gasteiger partial charge < -0.3 is 19.7 Å². The number of nitrogens with one attached hydrogen (secondary N) is 1. The molecule has 0 aliphatic carbocycles. The van der Waals surface area contributed by atoms with Crippen molar-refractivity contribution >= 4 is 5.91 Å². The molecule has 1 aromatic rings. The molecule has 0 spiro atoms. The molecule has 1 aliphatic rings. The average molecular weight is 306 g/mol. The number of hydrogen-bond acceptors (Lipinski definition) is 4. The number of aryl methyl sites for hydroxylation is 1. The average Bonchev–Trinajstić information content (AvgIpc) is 2.56. The first-order valence-corrected chi connectivity index (χ1v) is 7.74. The van der Waals surface area contributed by atoms with E-state index in [1.807, 2.05) is 31.0 Å². The summed E-state index contributed by atoms with van der Waals surface area (Å²) in [5.74, 6) is 1.80. The predicted molar refractivity (Wildman–Crippen MR) is 86.4 cm³/mol. The van der Waals surface area contributed by atoms with Gasteiger partial charge in [0.05, 0.1) is 14.2 Å². The van der Waals surface area contributed by atoms with Crippen molar-refractivity contribution in [1.29, 1.82) is 0 Å². The van der Waals surface area contributed by atoms with Gasteiger partial charge in [0, 0.05) is 19.5 Å². The molecule has 1 aliphatic heterocycles. The smallest absolute Gasteiger partial charge is 0.225 e. The van der Waals surface area contributed by atoms with Crippen molar-refractivity contribution in [3.8, 4) is 11.5 Å². The highest BCUT2D eigenvalue weighted by atomic mass is 16.5. The zero-order valence-corrected chi connectivity index (χ0v) is 13.9. The van der Waals surface area contributed by atoms with Crippen molar-refractivity contribution in [2.75, 3.05) is 34.4 Å². The third-order valence-electron chi connectivity index (χ3n) is 4.31. The number of carbonyl (C=O) groups excluding carboxylic acids is 1. The zero-order chi connectivity index (χ0) is 16.1. The van der Waals surface area contributed by atoms with Crippen LogP contribution < -0.4 is 14.8 Å². The van der Waals surface area contributed by atoms with Gasteiger partial charge in [-0.3, -0.25) is 4.79 Å². The van der Waals surface area contributed by atoms with Gasteiger partial charge in [-0.2, -0.15) is 0 Å². The largest absolute Gasteiger partial charge is 0.493 e. The van der Waals surface area contributed by atoms with E-state index < -0.39 is 0 Å². The highest BCUT2D eigenvalue weighted by molar-refractivity contribution is 5.78. The highest BCUT2D eigenvalue weighted by Crippen LogP contribution is 2.31. The summed E-state index contributed by atoms with van der Waals surface area (Å²) in [4.78, 5) is 14.4. The number of ether oxygens (including phenoxy) is 2. The summed E-state index contributed by atoms with van der Waals surface area (Å²) in [5, 5.41) is 3.29. The number of amides is 1. The van der Waals surface area contributed by atoms with E-state index in [0.717, 1.165) is 42.8 Å². The van der Waals surface area contributed by atoms with Crippen molar-refractivity contribution in [2.24, 2.45) is 5.92 Å². The molecule has 0 saturated carbocycles. The second kappa shape index (κ2) is 7.49. The van der Waals surface area contributed by atoms with Gasteiger partial charge in [0.15, 0.2) is 11.5 Å². The maximum Gasteiger partial charge on any atom is 0.225 e. The van der Waals surface area contributed by atoms with Crippen molar-refractivity contribution in [3.05, 3.63) is 23.3 Å². The Bertz CT molecular complexity index is 525. The summed E-state index contributed by atoms with van der Waals surface area (Å²) in [6.45, 7) is 4.48. The van der Waals surface area contributed by atoms with Gasteiger partial charge in [-0.1, -0.05) is 0 Å². The van der Waals surface area contributed by atoms with E-state index in [1.54, 1.807) is 14.2 Å². The van der Waals surface area contributed by atoms with E-state index in [-0.39, 0.29) is 11.8 Å². The summed E-state index contributed by atoms with van der Waals surface area (Å²) >= 11 is 0. The molecular formula is C17H26N2O3. The summed E-state index contributed by atoms with van der Waals surface area (Å²) in [6.07, 6.45) is 1.85. The number of benzene rings is 1. The lowest BCUT2D eigenvalue weighted by Gasteiger charge is -2.27. The van der Waals surface area contributed by atoms with E-state index in [4.69, 9.17) is 9.47 Å². The lowest BCUT2D eigenvalue weighted by Crippen LogP contribution is -2.39. The molecule has 22 heavy (non-hydrogen) atoms. The minimum absolute atomic E-state index is 0.145. The van der Waals surface area contributed by atoms with E-state index in [0.29, 0.717) is 12.3 Å². The third kappa shape index (κ3) is 3.71. The first-order chi connectivity index (χ1) is 10.6. The van der Waals surface area contributed by atoms with Crippen LogP contribution in [0.4, 0.5) is 0 Å². The molecular weight excluding hydrogens is 280 g/mol. The Hall–Kier alpha value is -1.75. The number of nitrogens with zero attached hydrogens (tertiary/aromatic N) is 1. The van der Waals surface area contributed by atoms with Gasteiger partial charge in [-0.25, -0.2) is 0 Å². The fraction of sp³-hybridized carbons (Fsp3) is 0.588. The van der Waals surface area contributed by atoms with Crippen LogP contribution in [0.5, 0.6) is 11.5 Å². The summed E-state index contributed by atoms with van der Waals surface area (Å²) in [5.41, 5.74) is 2.19. The Morgan fingerprint density at radius 1 is 1.23 bits per heavy atom. The molecule has 5 nitrogen and oxygen atoms in total. The maximum atomic E-state index is 12.5. The quantitative estimate of drug-likeness (QED) is 0.903. The number of methoxy groups -OCH3 is 2. The van der Waals surface area contributed by atoms with Crippen molar-refractivity contribution in [2.45, 2.75) is 26.3 Å². The second-order valence-corrected chi connectivity index (χ2v) is 5.85. The van der Waals surface area contributed by atoms with Crippen LogP contribution in [-0.4, -0.2) is 45.2 Å². The van der Waals surface area contributed by atoms with Gasteiger partial charge in [0.2, 0.25) is 5.91 Å². The fourth-order valence-electron chi connectivity index (χ4n) is 2.91. The topological polar surface area (TPSA) is 50.8 Å². The Morgan fingerprint density at radius 2 is 1.82 bits per heavy atom. The molecule has 0 atom stereocenters. The summed E-state index contributed by atoms with van der Waals surface area (Å²) < 4.78 is 10.7. The highest BCUT2D eigenvalue weighted by Gasteiger charge is 2.24. The van der Waals surface area contributed by atoms with Gasteiger partial charge in [-0.15, -0.1) is 0 Å². The molecule has 1 amide bonds. The molecule has 1 N–H and O–H groups in total. The molecule has 0 bridgehead atoms. The first kappa shape index (κ1) is 16.6. The van der Waals surface area contributed by atoms with Crippen molar-refractivity contribution in [1.82, 2.24) is 10.2 Å². The third-order valence-corrected chi connectivity index (χ3v) is 4.31. The van der Waals surface area contributed by atoms with E-state index in [1.165, 1.54) is 0 Å². The van der Waals surface area contributed by atoms with Gasteiger partial charge in [0.25, 0.3) is 0 Å². The lowest BCUT2D eigenvalue weighted by atomic mass is 9.96. The van der Waals surface area contributed by atoms with Crippen LogP contribution in [0.2, 0.25) is 0 Å². The SMILES string of the molecule is COc1cc(C)c(CN(C)C(=O)C2CCNCC2)cc1OC. The molecule has 122 valence electrons. The Morgan fingerprint density at radius 3 is 2.41 bits per heavy atom. The van der Waals surface area contributed by atoms with Crippen molar-refractivity contribution < 1.29 is 14.3 Å². The normalized spacial score (nSPS) is 15.5. The Labute approximate surface area is 132 Å². The molecule has 2 rings (SSSR count). The molecule has 1 heterocycles. The first-order valence-electron chi connectivity index (χ1n) is 7.74. The van der Waals surface area contributed by atoms with E-state index >= 15 is 0 Å². The molecule has 5 heteroatoms. The van der Waals surface area contributed by atoms with Crippen LogP contribution in [0.15, 0.2) is 12.1 Å². The van der Waals surface area contributed by atoms with Gasteiger partial charge >= 0.3 is 0 Å². The predicted octanol–water partition coefficient (Wildman–Crippen LogP) is 1.97. The standard InChI is InChI=1S/C17H26N2O3/c1-12-9-15(21-3)16(22-4)10-14(12)11-19(2)17(20)13-5-7-18-8-6-13/h9-10,13,18H,5-8,11H2,1-4H3. The second-order valence-electron chi connectivity index (χ2n) is 5.85.